The van der Waals surface area contributed by atoms with E-state index in [1.165, 1.54) is 19.2 Å². The molecular weight excluding hydrogens is 278 g/mol. The molecule has 0 saturated carbocycles. The van der Waals surface area contributed by atoms with Gasteiger partial charge in [-0.2, -0.15) is 4.98 Å². The van der Waals surface area contributed by atoms with Crippen LogP contribution in [0.3, 0.4) is 0 Å². The SMILES string of the molecule is COc1ccc2nc(N)n(Cc3ccc(F)cc3F)c2n1. The van der Waals surface area contributed by atoms with E-state index in [1.807, 2.05) is 0 Å². The van der Waals surface area contributed by atoms with Gasteiger partial charge in [0, 0.05) is 17.7 Å². The highest BCUT2D eigenvalue weighted by Gasteiger charge is 2.13. The lowest BCUT2D eigenvalue weighted by molar-refractivity contribution is 0.399. The molecule has 0 fully saturated rings. The van der Waals surface area contributed by atoms with E-state index in [1.54, 1.807) is 16.7 Å². The average Bonchev–Trinajstić information content (AvgIpc) is 2.77. The van der Waals surface area contributed by atoms with Gasteiger partial charge in [0.25, 0.3) is 0 Å². The number of benzene rings is 1. The Bertz CT molecular complexity index is 816. The zero-order valence-corrected chi connectivity index (χ0v) is 11.2. The Morgan fingerprint density at radius 3 is 2.71 bits per heavy atom. The smallest absolute Gasteiger partial charge is 0.215 e. The van der Waals surface area contributed by atoms with Crippen LogP contribution in [0.15, 0.2) is 30.3 Å². The Balaban J connectivity index is 2.09. The number of aromatic nitrogens is 3. The largest absolute Gasteiger partial charge is 0.481 e. The standard InChI is InChI=1S/C14H12F2N4O/c1-21-12-5-4-11-13(19-12)20(14(17)18-11)7-8-2-3-9(15)6-10(8)16/h2-6H,7H2,1H3,(H2,17,18). The molecule has 0 unspecified atom stereocenters. The fourth-order valence-corrected chi connectivity index (χ4v) is 2.09. The predicted molar refractivity (Wildman–Crippen MR) is 74.0 cm³/mol. The van der Waals surface area contributed by atoms with Crippen LogP contribution in [0, 0.1) is 11.6 Å². The molecule has 0 aliphatic carbocycles. The molecule has 2 heterocycles. The van der Waals surface area contributed by atoms with E-state index in [4.69, 9.17) is 10.5 Å². The second-order valence-electron chi connectivity index (χ2n) is 4.49. The number of rotatable bonds is 3. The Morgan fingerprint density at radius 2 is 2.00 bits per heavy atom. The summed E-state index contributed by atoms with van der Waals surface area (Å²) in [6.45, 7) is 0.106. The number of methoxy groups -OCH3 is 1. The average molecular weight is 290 g/mol. The lowest BCUT2D eigenvalue weighted by atomic mass is 10.2. The fraction of sp³-hybridized carbons (Fsp3) is 0.143. The first-order chi connectivity index (χ1) is 10.1. The fourth-order valence-electron chi connectivity index (χ4n) is 2.09. The minimum absolute atomic E-state index is 0.106. The highest BCUT2D eigenvalue weighted by molar-refractivity contribution is 5.75. The summed E-state index contributed by atoms with van der Waals surface area (Å²) in [6.07, 6.45) is 0. The Labute approximate surface area is 119 Å². The number of anilines is 1. The number of pyridine rings is 1. The molecule has 0 spiro atoms. The van der Waals surface area contributed by atoms with Crippen LogP contribution in [-0.2, 0) is 6.54 Å². The summed E-state index contributed by atoms with van der Waals surface area (Å²) >= 11 is 0. The van der Waals surface area contributed by atoms with Crippen LogP contribution >= 0.6 is 0 Å². The van der Waals surface area contributed by atoms with Crippen LogP contribution in [0.4, 0.5) is 14.7 Å². The molecule has 0 saturated heterocycles. The van der Waals surface area contributed by atoms with Crippen molar-refractivity contribution in [1.29, 1.82) is 0 Å². The molecule has 0 aliphatic rings. The highest BCUT2D eigenvalue weighted by Crippen LogP contribution is 2.21. The van der Waals surface area contributed by atoms with Crippen molar-refractivity contribution in [1.82, 2.24) is 14.5 Å². The zero-order valence-electron chi connectivity index (χ0n) is 11.2. The molecule has 1 aromatic carbocycles. The quantitative estimate of drug-likeness (QED) is 0.804. The van der Waals surface area contributed by atoms with Gasteiger partial charge in [-0.25, -0.2) is 13.8 Å². The number of ether oxygens (including phenoxy) is 1. The molecule has 0 bridgehead atoms. The highest BCUT2D eigenvalue weighted by atomic mass is 19.1. The lowest BCUT2D eigenvalue weighted by Crippen LogP contribution is -2.07. The normalized spacial score (nSPS) is 11.0. The van der Waals surface area contributed by atoms with Crippen molar-refractivity contribution in [2.75, 3.05) is 12.8 Å². The van der Waals surface area contributed by atoms with E-state index in [2.05, 4.69) is 9.97 Å². The molecule has 5 nitrogen and oxygen atoms in total. The number of halogens is 2. The number of nitrogens with zero attached hydrogens (tertiary/aromatic N) is 3. The van der Waals surface area contributed by atoms with Crippen LogP contribution in [0.25, 0.3) is 11.2 Å². The lowest BCUT2D eigenvalue weighted by Gasteiger charge is -2.07. The van der Waals surface area contributed by atoms with Crippen molar-refractivity contribution < 1.29 is 13.5 Å². The minimum Gasteiger partial charge on any atom is -0.481 e. The molecule has 0 radical (unpaired) electrons. The molecule has 0 aliphatic heterocycles. The van der Waals surface area contributed by atoms with Gasteiger partial charge in [0.1, 0.15) is 17.2 Å². The molecule has 2 aromatic heterocycles. The van der Waals surface area contributed by atoms with E-state index in [-0.39, 0.29) is 12.5 Å². The van der Waals surface area contributed by atoms with E-state index in [0.29, 0.717) is 22.6 Å². The topological polar surface area (TPSA) is 66.0 Å². The molecule has 7 heteroatoms. The number of hydrogen-bond acceptors (Lipinski definition) is 4. The van der Waals surface area contributed by atoms with E-state index in [0.717, 1.165) is 6.07 Å². The first-order valence-electron chi connectivity index (χ1n) is 6.19. The van der Waals surface area contributed by atoms with Gasteiger partial charge in [-0.3, -0.25) is 4.57 Å². The summed E-state index contributed by atoms with van der Waals surface area (Å²) in [7, 11) is 1.50. The molecule has 0 amide bonds. The van der Waals surface area contributed by atoms with Gasteiger partial charge in [0.2, 0.25) is 11.8 Å². The Morgan fingerprint density at radius 1 is 1.19 bits per heavy atom. The second-order valence-corrected chi connectivity index (χ2v) is 4.49. The van der Waals surface area contributed by atoms with Crippen LogP contribution in [0.2, 0.25) is 0 Å². The van der Waals surface area contributed by atoms with Crippen molar-refractivity contribution in [2.24, 2.45) is 0 Å². The Hall–Kier alpha value is -2.70. The molecule has 3 rings (SSSR count). The van der Waals surface area contributed by atoms with E-state index < -0.39 is 11.6 Å². The molecule has 21 heavy (non-hydrogen) atoms. The van der Waals surface area contributed by atoms with Crippen molar-refractivity contribution in [3.05, 3.63) is 47.5 Å². The maximum absolute atomic E-state index is 13.8. The predicted octanol–water partition coefficient (Wildman–Crippen LogP) is 2.35. The third-order valence-electron chi connectivity index (χ3n) is 3.15. The molecular formula is C14H12F2N4O. The molecule has 108 valence electrons. The maximum atomic E-state index is 13.8. The van der Waals surface area contributed by atoms with Gasteiger partial charge in [-0.15, -0.1) is 0 Å². The van der Waals surface area contributed by atoms with Crippen molar-refractivity contribution in [2.45, 2.75) is 6.54 Å². The Kier molecular flexibility index (Phi) is 3.17. The second kappa shape index (κ2) is 5.01. The van der Waals surface area contributed by atoms with Crippen LogP contribution in [0.1, 0.15) is 5.56 Å². The third-order valence-corrected chi connectivity index (χ3v) is 3.15. The minimum atomic E-state index is -0.640. The van der Waals surface area contributed by atoms with Crippen LogP contribution < -0.4 is 10.5 Å². The summed E-state index contributed by atoms with van der Waals surface area (Å²) < 4.78 is 33.3. The van der Waals surface area contributed by atoms with Crippen LogP contribution in [-0.4, -0.2) is 21.6 Å². The van der Waals surface area contributed by atoms with Crippen molar-refractivity contribution in [3.63, 3.8) is 0 Å². The van der Waals surface area contributed by atoms with Gasteiger partial charge in [-0.05, 0) is 12.1 Å². The van der Waals surface area contributed by atoms with Gasteiger partial charge >= 0.3 is 0 Å². The van der Waals surface area contributed by atoms with Crippen LogP contribution in [0.5, 0.6) is 5.88 Å². The van der Waals surface area contributed by atoms with Gasteiger partial charge in [-0.1, -0.05) is 6.07 Å². The number of hydrogen-bond donors (Lipinski definition) is 1. The molecule has 0 atom stereocenters. The maximum Gasteiger partial charge on any atom is 0.215 e. The third kappa shape index (κ3) is 2.37. The first-order valence-corrected chi connectivity index (χ1v) is 6.19. The van der Waals surface area contributed by atoms with Gasteiger partial charge < -0.3 is 10.5 Å². The van der Waals surface area contributed by atoms with E-state index in [9.17, 15) is 8.78 Å². The number of nitrogen functional groups attached to an aromatic ring is 1. The number of imidazole rings is 1. The van der Waals surface area contributed by atoms with E-state index >= 15 is 0 Å². The van der Waals surface area contributed by atoms with Gasteiger partial charge in [0.05, 0.1) is 13.7 Å². The summed E-state index contributed by atoms with van der Waals surface area (Å²) in [4.78, 5) is 8.42. The summed E-state index contributed by atoms with van der Waals surface area (Å²) in [5, 5.41) is 0. The van der Waals surface area contributed by atoms with Crippen molar-refractivity contribution >= 4 is 17.1 Å². The zero-order chi connectivity index (χ0) is 15.0. The summed E-state index contributed by atoms with van der Waals surface area (Å²) in [6, 6.07) is 6.78. The molecule has 3 aromatic rings. The molecule has 2 N–H and O–H groups in total. The number of fused-ring (bicyclic) bond motifs is 1. The summed E-state index contributed by atoms with van der Waals surface area (Å²) in [5.41, 5.74) is 7.21. The van der Waals surface area contributed by atoms with Gasteiger partial charge in [0.15, 0.2) is 5.65 Å². The number of nitrogens with two attached hydrogens (primary N) is 1. The van der Waals surface area contributed by atoms with Crippen molar-refractivity contribution in [3.8, 4) is 5.88 Å². The monoisotopic (exact) mass is 290 g/mol. The summed E-state index contributed by atoms with van der Waals surface area (Å²) in [5.74, 6) is -0.656. The first kappa shape index (κ1) is 13.3.